The lowest BCUT2D eigenvalue weighted by Crippen LogP contribution is -2.40. The number of phenolic OH excluding ortho intramolecular Hbond substituents is 1. The van der Waals surface area contributed by atoms with Crippen molar-refractivity contribution in [3.05, 3.63) is 68.0 Å². The summed E-state index contributed by atoms with van der Waals surface area (Å²) in [6.45, 7) is 0.435. The van der Waals surface area contributed by atoms with Crippen molar-refractivity contribution in [1.29, 1.82) is 0 Å². The Labute approximate surface area is 172 Å². The van der Waals surface area contributed by atoms with Crippen LogP contribution < -0.4 is 16.6 Å². The van der Waals surface area contributed by atoms with Crippen LogP contribution in [-0.2, 0) is 18.4 Å². The van der Waals surface area contributed by atoms with Crippen LogP contribution in [0.5, 0.6) is 5.75 Å². The molecule has 2 rings (SSSR count). The number of carbonyl (C=O) groups excluding carboxylic acids is 1. The minimum atomic E-state index is -0.716. The van der Waals surface area contributed by atoms with E-state index in [0.717, 1.165) is 9.13 Å². The molecular weight excluding hydrogens is 396 g/mol. The Hall–Kier alpha value is -3.28. The fraction of sp³-hybridized carbons (Fsp3) is 0.250. The first-order valence-electron chi connectivity index (χ1n) is 8.60. The number of halogens is 1. The van der Waals surface area contributed by atoms with E-state index in [4.69, 9.17) is 11.6 Å². The molecule has 29 heavy (non-hydrogen) atoms. The van der Waals surface area contributed by atoms with Crippen molar-refractivity contribution in [1.82, 2.24) is 14.0 Å². The van der Waals surface area contributed by atoms with Gasteiger partial charge < -0.3 is 15.3 Å². The summed E-state index contributed by atoms with van der Waals surface area (Å²) in [5.74, 6) is 5.10. The molecule has 0 fully saturated rings. The number of carbonyl (C=O) groups is 1. The Morgan fingerprint density at radius 3 is 2.72 bits per heavy atom. The van der Waals surface area contributed by atoms with E-state index in [0.29, 0.717) is 12.1 Å². The van der Waals surface area contributed by atoms with E-state index in [9.17, 15) is 19.5 Å². The lowest BCUT2D eigenvalue weighted by atomic mass is 10.2. The van der Waals surface area contributed by atoms with Gasteiger partial charge in [0.1, 0.15) is 16.6 Å². The molecule has 0 bridgehead atoms. The number of likely N-dealkylation sites (N-methyl/N-ethyl adjacent to an activating group) is 1. The second kappa shape index (κ2) is 9.78. The Morgan fingerprint density at radius 1 is 1.34 bits per heavy atom. The Morgan fingerprint density at radius 2 is 2.07 bits per heavy atom. The van der Waals surface area contributed by atoms with Crippen molar-refractivity contribution >= 4 is 23.2 Å². The third kappa shape index (κ3) is 5.85. The Balaban J connectivity index is 2.33. The predicted molar refractivity (Wildman–Crippen MR) is 112 cm³/mol. The number of nitrogens with one attached hydrogen (secondary N) is 1. The molecule has 1 amide bonds. The van der Waals surface area contributed by atoms with Crippen LogP contribution in [0.15, 0.2) is 46.0 Å². The lowest BCUT2D eigenvalue weighted by molar-refractivity contribution is -0.111. The number of benzene rings is 1. The van der Waals surface area contributed by atoms with Crippen LogP contribution in [0.25, 0.3) is 0 Å². The highest BCUT2D eigenvalue weighted by Gasteiger charge is 2.17. The quantitative estimate of drug-likeness (QED) is 0.431. The van der Waals surface area contributed by atoms with Gasteiger partial charge in [-0.25, -0.2) is 4.79 Å². The van der Waals surface area contributed by atoms with Crippen molar-refractivity contribution in [2.45, 2.75) is 6.54 Å². The van der Waals surface area contributed by atoms with Crippen LogP contribution in [0, 0.1) is 11.8 Å². The summed E-state index contributed by atoms with van der Waals surface area (Å²) < 4.78 is 1.93. The number of nitrogens with zero attached hydrogens (tertiary/aromatic N) is 3. The lowest BCUT2D eigenvalue weighted by Gasteiger charge is -2.12. The number of rotatable bonds is 5. The second-order valence-corrected chi connectivity index (χ2v) is 6.76. The van der Waals surface area contributed by atoms with Crippen LogP contribution in [-0.4, -0.2) is 45.7 Å². The SMILES string of the molecule is CN(C)C/C=C/C(=O)Nc1c(Cl)n(CC#Cc2cccc(O)c2)c(=O)n(C)c1=O. The second-order valence-electron chi connectivity index (χ2n) is 6.40. The number of phenols is 1. The first-order chi connectivity index (χ1) is 13.7. The van der Waals surface area contributed by atoms with Crippen LogP contribution in [0.4, 0.5) is 5.69 Å². The third-order valence-electron chi connectivity index (χ3n) is 3.78. The van der Waals surface area contributed by atoms with Crippen molar-refractivity contribution in [2.75, 3.05) is 26.0 Å². The summed E-state index contributed by atoms with van der Waals surface area (Å²) in [7, 11) is 4.99. The average Bonchev–Trinajstić information content (AvgIpc) is 2.66. The zero-order chi connectivity index (χ0) is 21.6. The third-order valence-corrected chi connectivity index (χ3v) is 4.18. The number of aromatic nitrogens is 2. The standard InChI is InChI=1S/C20H21ClN4O4/c1-23(2)11-6-10-16(27)22-17-18(21)25(20(29)24(3)19(17)28)12-5-8-14-7-4-9-15(26)13-14/h4,6-7,9-10,13,26H,11-12H2,1-3H3,(H,22,27)/b10-6+. The summed E-state index contributed by atoms with van der Waals surface area (Å²) in [6.07, 6.45) is 2.91. The molecule has 0 atom stereocenters. The number of hydrogen-bond acceptors (Lipinski definition) is 5. The molecule has 1 heterocycles. The molecule has 2 aromatic rings. The molecule has 0 saturated carbocycles. The monoisotopic (exact) mass is 416 g/mol. The molecule has 0 aliphatic rings. The minimum Gasteiger partial charge on any atom is -0.508 e. The van der Waals surface area contributed by atoms with Crippen molar-refractivity contribution < 1.29 is 9.90 Å². The van der Waals surface area contributed by atoms with Gasteiger partial charge in [0.05, 0.1) is 6.54 Å². The molecule has 2 N–H and O–H groups in total. The van der Waals surface area contributed by atoms with Gasteiger partial charge in [0.15, 0.2) is 0 Å². The van der Waals surface area contributed by atoms with Gasteiger partial charge in [0.2, 0.25) is 5.91 Å². The van der Waals surface area contributed by atoms with E-state index in [1.807, 2.05) is 19.0 Å². The molecular formula is C20H21ClN4O4. The smallest absolute Gasteiger partial charge is 0.332 e. The number of amides is 1. The summed E-state index contributed by atoms with van der Waals surface area (Å²) in [6, 6.07) is 6.33. The summed E-state index contributed by atoms with van der Waals surface area (Å²) in [5, 5.41) is 11.7. The van der Waals surface area contributed by atoms with Gasteiger partial charge in [-0.2, -0.15) is 0 Å². The fourth-order valence-corrected chi connectivity index (χ4v) is 2.58. The molecule has 152 valence electrons. The topological polar surface area (TPSA) is 96.6 Å². The summed E-state index contributed by atoms with van der Waals surface area (Å²) in [4.78, 5) is 38.7. The number of anilines is 1. The molecule has 0 aliphatic carbocycles. The van der Waals surface area contributed by atoms with Crippen LogP contribution in [0.3, 0.4) is 0 Å². The van der Waals surface area contributed by atoms with E-state index in [1.165, 1.54) is 25.3 Å². The maximum atomic E-state index is 12.4. The summed E-state index contributed by atoms with van der Waals surface area (Å²) >= 11 is 6.22. The highest BCUT2D eigenvalue weighted by atomic mass is 35.5. The van der Waals surface area contributed by atoms with Gasteiger partial charge >= 0.3 is 5.69 Å². The molecule has 0 aliphatic heterocycles. The van der Waals surface area contributed by atoms with Crippen molar-refractivity contribution in [3.63, 3.8) is 0 Å². The average molecular weight is 417 g/mol. The van der Waals surface area contributed by atoms with Gasteiger partial charge in [-0.1, -0.05) is 35.6 Å². The predicted octanol–water partition coefficient (Wildman–Crippen LogP) is 1.01. The van der Waals surface area contributed by atoms with E-state index >= 15 is 0 Å². The van der Waals surface area contributed by atoms with E-state index in [-0.39, 0.29) is 23.1 Å². The fourth-order valence-electron chi connectivity index (χ4n) is 2.32. The van der Waals surface area contributed by atoms with Crippen LogP contribution in [0.1, 0.15) is 5.56 Å². The van der Waals surface area contributed by atoms with Gasteiger partial charge in [-0.3, -0.25) is 18.7 Å². The first-order valence-corrected chi connectivity index (χ1v) is 8.98. The summed E-state index contributed by atoms with van der Waals surface area (Å²) in [5.41, 5.74) is -1.02. The van der Waals surface area contributed by atoms with E-state index in [2.05, 4.69) is 17.2 Å². The van der Waals surface area contributed by atoms with Crippen molar-refractivity contribution in [2.24, 2.45) is 7.05 Å². The number of hydrogen-bond donors (Lipinski definition) is 2. The first kappa shape index (κ1) is 22.0. The van der Waals surface area contributed by atoms with Gasteiger partial charge in [0, 0.05) is 25.2 Å². The molecule has 0 spiro atoms. The largest absolute Gasteiger partial charge is 0.508 e. The zero-order valence-corrected chi connectivity index (χ0v) is 17.0. The highest BCUT2D eigenvalue weighted by Crippen LogP contribution is 2.15. The van der Waals surface area contributed by atoms with E-state index < -0.39 is 17.2 Å². The highest BCUT2D eigenvalue weighted by molar-refractivity contribution is 6.32. The van der Waals surface area contributed by atoms with Gasteiger partial charge in [0.25, 0.3) is 5.56 Å². The molecule has 0 unspecified atom stereocenters. The number of aromatic hydroxyl groups is 1. The van der Waals surface area contributed by atoms with Gasteiger partial charge in [-0.15, -0.1) is 0 Å². The molecule has 9 heteroatoms. The maximum Gasteiger partial charge on any atom is 0.332 e. The maximum absolute atomic E-state index is 12.4. The normalized spacial score (nSPS) is 10.8. The Bertz CT molecular complexity index is 1120. The van der Waals surface area contributed by atoms with E-state index in [1.54, 1.807) is 18.2 Å². The van der Waals surface area contributed by atoms with Crippen LogP contribution >= 0.6 is 11.6 Å². The molecule has 0 saturated heterocycles. The van der Waals surface area contributed by atoms with Gasteiger partial charge in [-0.05, 0) is 32.3 Å². The zero-order valence-electron chi connectivity index (χ0n) is 16.3. The molecule has 1 aromatic carbocycles. The minimum absolute atomic E-state index is 0.0708. The van der Waals surface area contributed by atoms with Crippen LogP contribution in [0.2, 0.25) is 5.15 Å². The molecule has 0 radical (unpaired) electrons. The van der Waals surface area contributed by atoms with Crippen molar-refractivity contribution in [3.8, 4) is 17.6 Å². The molecule has 1 aromatic heterocycles. The Kier molecular flexibility index (Phi) is 7.42. The molecule has 8 nitrogen and oxygen atoms in total.